The summed E-state index contributed by atoms with van der Waals surface area (Å²) in [5.74, 6) is -1.06. The SMILES string of the molecule is COCCONC(=O)c1cn2ccnc2c(Cl)c1Nc1ccc(Br)cc1F. The lowest BCUT2D eigenvalue weighted by Gasteiger charge is -2.15. The van der Waals surface area contributed by atoms with E-state index in [9.17, 15) is 9.18 Å². The molecule has 0 bridgehead atoms. The van der Waals surface area contributed by atoms with Crippen LogP contribution in [0.4, 0.5) is 15.8 Å². The van der Waals surface area contributed by atoms with E-state index in [1.54, 1.807) is 22.9 Å². The van der Waals surface area contributed by atoms with E-state index in [2.05, 4.69) is 31.7 Å². The number of carbonyl (C=O) groups excluding carboxylic acids is 1. The first-order chi connectivity index (χ1) is 13.0. The van der Waals surface area contributed by atoms with Crippen molar-refractivity contribution >= 4 is 50.5 Å². The zero-order chi connectivity index (χ0) is 19.4. The Labute approximate surface area is 167 Å². The van der Waals surface area contributed by atoms with Gasteiger partial charge < -0.3 is 14.5 Å². The smallest absolute Gasteiger partial charge is 0.278 e. The number of ether oxygens (including phenoxy) is 1. The fraction of sp³-hybridized carbons (Fsp3) is 0.176. The van der Waals surface area contributed by atoms with E-state index in [-0.39, 0.29) is 28.6 Å². The van der Waals surface area contributed by atoms with Crippen molar-refractivity contribution in [3.05, 3.63) is 57.7 Å². The Hall–Kier alpha value is -2.20. The number of fused-ring (bicyclic) bond motifs is 1. The number of rotatable bonds is 7. The van der Waals surface area contributed by atoms with Gasteiger partial charge >= 0.3 is 0 Å². The van der Waals surface area contributed by atoms with Crippen LogP contribution in [0.25, 0.3) is 5.65 Å². The number of hydroxylamine groups is 1. The van der Waals surface area contributed by atoms with E-state index in [0.717, 1.165) is 0 Å². The van der Waals surface area contributed by atoms with Gasteiger partial charge in [-0.2, -0.15) is 0 Å². The van der Waals surface area contributed by atoms with Gasteiger partial charge in [-0.25, -0.2) is 14.9 Å². The number of halogens is 3. The second-order valence-electron chi connectivity index (χ2n) is 5.41. The van der Waals surface area contributed by atoms with Gasteiger partial charge in [0.05, 0.1) is 30.2 Å². The molecule has 10 heteroatoms. The lowest BCUT2D eigenvalue weighted by Crippen LogP contribution is -2.26. The van der Waals surface area contributed by atoms with Crippen LogP contribution in [0.1, 0.15) is 10.4 Å². The van der Waals surface area contributed by atoms with Crippen LogP contribution in [0.3, 0.4) is 0 Å². The summed E-state index contributed by atoms with van der Waals surface area (Å²) < 4.78 is 21.3. The molecule has 3 aromatic rings. The summed E-state index contributed by atoms with van der Waals surface area (Å²) in [6, 6.07) is 4.50. The monoisotopic (exact) mass is 456 g/mol. The first kappa shape index (κ1) is 19.6. The molecule has 0 aliphatic rings. The van der Waals surface area contributed by atoms with Gasteiger partial charge in [-0.3, -0.25) is 9.63 Å². The van der Waals surface area contributed by atoms with Gasteiger partial charge in [0, 0.05) is 30.2 Å². The number of pyridine rings is 1. The van der Waals surface area contributed by atoms with Gasteiger partial charge in [0.25, 0.3) is 5.91 Å². The molecule has 1 amide bonds. The van der Waals surface area contributed by atoms with Gasteiger partial charge in [0.1, 0.15) is 10.8 Å². The second-order valence-corrected chi connectivity index (χ2v) is 6.71. The Morgan fingerprint density at radius 1 is 1.41 bits per heavy atom. The lowest BCUT2D eigenvalue weighted by molar-refractivity contribution is 0.00891. The number of anilines is 2. The number of imidazole rings is 1. The molecular formula is C17H15BrClFN4O3. The summed E-state index contributed by atoms with van der Waals surface area (Å²) >= 11 is 9.64. The van der Waals surface area contributed by atoms with Gasteiger partial charge in [-0.15, -0.1) is 0 Å². The molecule has 7 nitrogen and oxygen atoms in total. The predicted octanol–water partition coefficient (Wildman–Crippen LogP) is 3.94. The molecule has 0 radical (unpaired) electrons. The minimum Gasteiger partial charge on any atom is -0.382 e. The Bertz CT molecular complexity index is 982. The highest BCUT2D eigenvalue weighted by molar-refractivity contribution is 9.10. The van der Waals surface area contributed by atoms with Crippen LogP contribution in [0.2, 0.25) is 5.02 Å². The second kappa shape index (κ2) is 8.66. The quantitative estimate of drug-likeness (QED) is 0.415. The number of hydrogen-bond donors (Lipinski definition) is 2. The molecule has 0 aliphatic heterocycles. The maximum atomic E-state index is 14.2. The molecule has 0 spiro atoms. The van der Waals surface area contributed by atoms with Crippen molar-refractivity contribution < 1.29 is 18.8 Å². The van der Waals surface area contributed by atoms with Crippen LogP contribution in [-0.2, 0) is 9.57 Å². The normalized spacial score (nSPS) is 11.0. The number of aromatic nitrogens is 2. The highest BCUT2D eigenvalue weighted by Gasteiger charge is 2.20. The van der Waals surface area contributed by atoms with Crippen molar-refractivity contribution in [1.82, 2.24) is 14.9 Å². The summed E-state index contributed by atoms with van der Waals surface area (Å²) in [7, 11) is 1.52. The highest BCUT2D eigenvalue weighted by Crippen LogP contribution is 2.33. The minimum absolute atomic E-state index is 0.158. The molecule has 3 rings (SSSR count). The van der Waals surface area contributed by atoms with Crippen molar-refractivity contribution in [3.63, 3.8) is 0 Å². The van der Waals surface area contributed by atoms with Crippen molar-refractivity contribution in [2.75, 3.05) is 25.6 Å². The van der Waals surface area contributed by atoms with Crippen LogP contribution >= 0.6 is 27.5 Å². The van der Waals surface area contributed by atoms with Crippen LogP contribution in [0, 0.1) is 5.82 Å². The summed E-state index contributed by atoms with van der Waals surface area (Å²) in [4.78, 5) is 21.8. The molecule has 0 aliphatic carbocycles. The number of carbonyl (C=O) groups is 1. The van der Waals surface area contributed by atoms with Gasteiger partial charge in [0.2, 0.25) is 0 Å². The van der Waals surface area contributed by atoms with E-state index < -0.39 is 11.7 Å². The number of nitrogens with one attached hydrogen (secondary N) is 2. The molecule has 2 heterocycles. The molecule has 1 aromatic carbocycles. The summed E-state index contributed by atoms with van der Waals surface area (Å²) in [5.41, 5.74) is 3.27. The van der Waals surface area contributed by atoms with Crippen LogP contribution in [0.5, 0.6) is 0 Å². The molecule has 27 heavy (non-hydrogen) atoms. The summed E-state index contributed by atoms with van der Waals surface area (Å²) in [5, 5.41) is 3.05. The molecule has 2 aromatic heterocycles. The molecular weight excluding hydrogens is 443 g/mol. The Kier molecular flexibility index (Phi) is 6.27. The number of amides is 1. The maximum absolute atomic E-state index is 14.2. The van der Waals surface area contributed by atoms with Gasteiger partial charge in [0.15, 0.2) is 5.65 Å². The third-order valence-electron chi connectivity index (χ3n) is 3.61. The van der Waals surface area contributed by atoms with E-state index in [1.165, 1.54) is 25.4 Å². The van der Waals surface area contributed by atoms with Gasteiger partial charge in [-0.05, 0) is 18.2 Å². The van der Waals surface area contributed by atoms with Crippen LogP contribution in [-0.4, -0.2) is 35.6 Å². The lowest BCUT2D eigenvalue weighted by atomic mass is 10.2. The van der Waals surface area contributed by atoms with Crippen LogP contribution in [0.15, 0.2) is 41.3 Å². The van der Waals surface area contributed by atoms with Crippen molar-refractivity contribution in [3.8, 4) is 0 Å². The Balaban J connectivity index is 1.98. The Morgan fingerprint density at radius 2 is 2.22 bits per heavy atom. The average Bonchev–Trinajstić information content (AvgIpc) is 3.11. The summed E-state index contributed by atoms with van der Waals surface area (Å²) in [6.45, 7) is 0.490. The van der Waals surface area contributed by atoms with Crippen molar-refractivity contribution in [1.29, 1.82) is 0 Å². The standard InChI is InChI=1S/C17H15BrClFN4O3/c1-26-6-7-27-23-17(25)11-9-24-5-4-21-16(24)14(19)15(11)22-13-3-2-10(18)8-12(13)20/h2-5,8-9,22H,6-7H2,1H3,(H,23,25). The van der Waals surface area contributed by atoms with E-state index in [0.29, 0.717) is 16.7 Å². The molecule has 0 unspecified atom stereocenters. The number of methoxy groups -OCH3 is 1. The van der Waals surface area contributed by atoms with E-state index in [4.69, 9.17) is 21.2 Å². The zero-order valence-corrected chi connectivity index (χ0v) is 16.5. The topological polar surface area (TPSA) is 76.9 Å². The third kappa shape index (κ3) is 4.38. The first-order valence-electron chi connectivity index (χ1n) is 7.79. The largest absolute Gasteiger partial charge is 0.382 e. The fourth-order valence-electron chi connectivity index (χ4n) is 2.34. The highest BCUT2D eigenvalue weighted by atomic mass is 79.9. The third-order valence-corrected chi connectivity index (χ3v) is 4.46. The molecule has 142 valence electrons. The molecule has 0 saturated heterocycles. The van der Waals surface area contributed by atoms with E-state index >= 15 is 0 Å². The number of hydrogen-bond acceptors (Lipinski definition) is 5. The molecule has 0 fully saturated rings. The van der Waals surface area contributed by atoms with Crippen LogP contribution < -0.4 is 10.8 Å². The van der Waals surface area contributed by atoms with E-state index in [1.807, 2.05) is 0 Å². The number of nitrogens with zero attached hydrogens (tertiary/aromatic N) is 2. The minimum atomic E-state index is -0.552. The Morgan fingerprint density at radius 3 is 2.96 bits per heavy atom. The molecule has 0 atom stereocenters. The average molecular weight is 458 g/mol. The summed E-state index contributed by atoms with van der Waals surface area (Å²) in [6.07, 6.45) is 4.72. The molecule has 2 N–H and O–H groups in total. The number of benzene rings is 1. The van der Waals surface area contributed by atoms with Crippen molar-refractivity contribution in [2.45, 2.75) is 0 Å². The maximum Gasteiger partial charge on any atom is 0.278 e. The molecule has 0 saturated carbocycles. The first-order valence-corrected chi connectivity index (χ1v) is 8.96. The fourth-order valence-corrected chi connectivity index (χ4v) is 2.97. The zero-order valence-electron chi connectivity index (χ0n) is 14.1. The van der Waals surface area contributed by atoms with Crippen molar-refractivity contribution in [2.24, 2.45) is 0 Å². The van der Waals surface area contributed by atoms with Gasteiger partial charge in [-0.1, -0.05) is 27.5 Å². The predicted molar refractivity (Wildman–Crippen MR) is 103 cm³/mol.